The van der Waals surface area contributed by atoms with Gasteiger partial charge in [0.1, 0.15) is 5.41 Å². The second kappa shape index (κ2) is 6.07. The van der Waals surface area contributed by atoms with Gasteiger partial charge in [0.2, 0.25) is 11.8 Å². The fraction of sp³-hybridized carbons (Fsp3) is 0.875. The summed E-state index contributed by atoms with van der Waals surface area (Å²) in [4.78, 5) is 29.4. The van der Waals surface area contributed by atoms with Crippen LogP contribution in [0.15, 0.2) is 0 Å². The van der Waals surface area contributed by atoms with E-state index >= 15 is 0 Å². The van der Waals surface area contributed by atoms with Crippen molar-refractivity contribution in [1.82, 2.24) is 9.80 Å². The Kier molecular flexibility index (Phi) is 4.42. The maximum Gasteiger partial charge on any atom is 0.238 e. The van der Waals surface area contributed by atoms with Crippen LogP contribution < -0.4 is 0 Å². The molecule has 0 radical (unpaired) electrons. The molecule has 130 valence electrons. The lowest BCUT2D eigenvalue weighted by molar-refractivity contribution is -0.151. The van der Waals surface area contributed by atoms with Gasteiger partial charge < -0.3 is 9.80 Å². The smallest absolute Gasteiger partial charge is 0.238 e. The lowest BCUT2D eigenvalue weighted by Gasteiger charge is -2.34. The van der Waals surface area contributed by atoms with E-state index in [0.29, 0.717) is 25.8 Å². The summed E-state index contributed by atoms with van der Waals surface area (Å²) in [6.07, 6.45) is 4.87. The summed E-state index contributed by atoms with van der Waals surface area (Å²) < 4.78 is 23.4. The molecule has 23 heavy (non-hydrogen) atoms. The molecule has 7 heteroatoms. The predicted molar refractivity (Wildman–Crippen MR) is 86.5 cm³/mol. The highest BCUT2D eigenvalue weighted by Gasteiger charge is 2.60. The van der Waals surface area contributed by atoms with Gasteiger partial charge in [0.05, 0.1) is 11.5 Å². The molecule has 2 aliphatic heterocycles. The van der Waals surface area contributed by atoms with Crippen molar-refractivity contribution in [2.45, 2.75) is 51.5 Å². The number of piperidine rings is 1. The van der Waals surface area contributed by atoms with Gasteiger partial charge in [-0.25, -0.2) is 8.42 Å². The third kappa shape index (κ3) is 3.12. The largest absolute Gasteiger partial charge is 0.342 e. The lowest BCUT2D eigenvalue weighted by Crippen LogP contribution is -2.51. The summed E-state index contributed by atoms with van der Waals surface area (Å²) in [5.74, 6) is 0.0221. The van der Waals surface area contributed by atoms with E-state index in [-0.39, 0.29) is 29.4 Å². The van der Waals surface area contributed by atoms with Gasteiger partial charge in [0, 0.05) is 25.7 Å². The maximum atomic E-state index is 13.0. The van der Waals surface area contributed by atoms with Crippen LogP contribution in [0.3, 0.4) is 0 Å². The van der Waals surface area contributed by atoms with E-state index in [1.165, 1.54) is 0 Å². The lowest BCUT2D eigenvalue weighted by atomic mass is 9.99. The number of carbonyl (C=O) groups excluding carboxylic acids is 2. The molecule has 2 saturated heterocycles. The monoisotopic (exact) mass is 342 g/mol. The Labute approximate surface area is 138 Å². The van der Waals surface area contributed by atoms with Gasteiger partial charge in [0.15, 0.2) is 9.84 Å². The Morgan fingerprint density at radius 3 is 2.30 bits per heavy atom. The second-order valence-corrected chi connectivity index (χ2v) is 9.31. The molecule has 0 N–H and O–H groups in total. The van der Waals surface area contributed by atoms with Crippen LogP contribution in [-0.4, -0.2) is 67.2 Å². The molecular formula is C16H26N2O4S. The Morgan fingerprint density at radius 2 is 1.83 bits per heavy atom. The molecule has 0 aromatic rings. The van der Waals surface area contributed by atoms with Gasteiger partial charge in [-0.3, -0.25) is 9.59 Å². The third-order valence-electron chi connectivity index (χ3n) is 5.46. The van der Waals surface area contributed by atoms with E-state index in [2.05, 4.69) is 0 Å². The summed E-state index contributed by atoms with van der Waals surface area (Å²) in [6, 6.07) is -0.260. The van der Waals surface area contributed by atoms with Gasteiger partial charge in [0.25, 0.3) is 0 Å². The van der Waals surface area contributed by atoms with E-state index in [4.69, 9.17) is 0 Å². The number of hydrogen-bond donors (Lipinski definition) is 0. The Balaban J connectivity index is 1.73. The van der Waals surface area contributed by atoms with Crippen LogP contribution >= 0.6 is 0 Å². The second-order valence-electron chi connectivity index (χ2n) is 7.08. The quantitative estimate of drug-likeness (QED) is 0.709. The predicted octanol–water partition coefficient (Wildman–Crippen LogP) is 0.815. The number of amides is 2. The van der Waals surface area contributed by atoms with E-state index in [1.54, 1.807) is 4.90 Å². The Bertz CT molecular complexity index is 591. The molecule has 1 saturated carbocycles. The number of likely N-dealkylation sites (tertiary alicyclic amines) is 1. The van der Waals surface area contributed by atoms with Gasteiger partial charge in [-0.1, -0.05) is 0 Å². The zero-order valence-corrected chi connectivity index (χ0v) is 14.6. The average Bonchev–Trinajstić information content (AvgIpc) is 3.28. The minimum Gasteiger partial charge on any atom is -0.342 e. The summed E-state index contributed by atoms with van der Waals surface area (Å²) in [6.45, 7) is 3.83. The van der Waals surface area contributed by atoms with Crippen molar-refractivity contribution in [2.24, 2.45) is 5.41 Å². The summed E-state index contributed by atoms with van der Waals surface area (Å²) in [7, 11) is -3.04. The number of sulfone groups is 1. The molecular weight excluding hydrogens is 316 g/mol. The highest BCUT2D eigenvalue weighted by Crippen LogP contribution is 2.49. The van der Waals surface area contributed by atoms with E-state index in [9.17, 15) is 18.0 Å². The molecule has 3 aliphatic rings. The van der Waals surface area contributed by atoms with Crippen molar-refractivity contribution in [2.75, 3.05) is 31.1 Å². The van der Waals surface area contributed by atoms with Crippen LogP contribution in [0, 0.1) is 5.41 Å². The standard InChI is InChI=1S/C16H26N2O4S/c1-2-18(13-6-11-23(21,22)12-13)15(20)16(7-8-16)14(19)17-9-4-3-5-10-17/h13H,2-12H2,1H3. The van der Waals surface area contributed by atoms with Crippen LogP contribution in [0.25, 0.3) is 0 Å². The number of nitrogens with zero attached hydrogens (tertiary/aromatic N) is 2. The summed E-state index contributed by atoms with van der Waals surface area (Å²) >= 11 is 0. The minimum atomic E-state index is -3.04. The molecule has 0 spiro atoms. The van der Waals surface area contributed by atoms with Crippen molar-refractivity contribution in [3.05, 3.63) is 0 Å². The third-order valence-corrected chi connectivity index (χ3v) is 7.21. The van der Waals surface area contributed by atoms with E-state index < -0.39 is 15.3 Å². The van der Waals surface area contributed by atoms with Crippen molar-refractivity contribution in [1.29, 1.82) is 0 Å². The Morgan fingerprint density at radius 1 is 1.17 bits per heavy atom. The van der Waals surface area contributed by atoms with Crippen LogP contribution in [0.2, 0.25) is 0 Å². The van der Waals surface area contributed by atoms with Gasteiger partial charge in [-0.05, 0) is 45.4 Å². The molecule has 1 atom stereocenters. The molecule has 0 aromatic heterocycles. The molecule has 2 amide bonds. The van der Waals surface area contributed by atoms with Crippen molar-refractivity contribution >= 4 is 21.7 Å². The number of carbonyl (C=O) groups is 2. The van der Waals surface area contributed by atoms with Crippen molar-refractivity contribution in [3.8, 4) is 0 Å². The van der Waals surface area contributed by atoms with Crippen molar-refractivity contribution < 1.29 is 18.0 Å². The van der Waals surface area contributed by atoms with E-state index in [0.717, 1.165) is 32.4 Å². The van der Waals surface area contributed by atoms with Crippen molar-refractivity contribution in [3.63, 3.8) is 0 Å². The van der Waals surface area contributed by atoms with Gasteiger partial charge >= 0.3 is 0 Å². The first kappa shape index (κ1) is 16.7. The van der Waals surface area contributed by atoms with Gasteiger partial charge in [-0.15, -0.1) is 0 Å². The average molecular weight is 342 g/mol. The van der Waals surface area contributed by atoms with Crippen LogP contribution in [-0.2, 0) is 19.4 Å². The van der Waals surface area contributed by atoms with Gasteiger partial charge in [-0.2, -0.15) is 0 Å². The highest BCUT2D eigenvalue weighted by atomic mass is 32.2. The molecule has 1 unspecified atom stereocenters. The first-order chi connectivity index (χ1) is 10.9. The molecule has 3 fully saturated rings. The molecule has 2 heterocycles. The molecule has 1 aliphatic carbocycles. The first-order valence-electron chi connectivity index (χ1n) is 8.70. The summed E-state index contributed by atoms with van der Waals surface area (Å²) in [5, 5.41) is 0. The zero-order chi connectivity index (χ0) is 16.7. The zero-order valence-electron chi connectivity index (χ0n) is 13.8. The first-order valence-corrected chi connectivity index (χ1v) is 10.5. The summed E-state index contributed by atoms with van der Waals surface area (Å²) in [5.41, 5.74) is -0.889. The fourth-order valence-electron chi connectivity index (χ4n) is 3.91. The van der Waals surface area contributed by atoms with Crippen LogP contribution in [0.5, 0.6) is 0 Å². The van der Waals surface area contributed by atoms with Crippen LogP contribution in [0.4, 0.5) is 0 Å². The molecule has 6 nitrogen and oxygen atoms in total. The topological polar surface area (TPSA) is 74.8 Å². The molecule has 0 aromatic carbocycles. The number of rotatable bonds is 4. The SMILES string of the molecule is CCN(C(=O)C1(C(=O)N2CCCCC2)CC1)C1CCS(=O)(=O)C1. The van der Waals surface area contributed by atoms with Crippen LogP contribution in [0.1, 0.15) is 45.4 Å². The number of hydrogen-bond acceptors (Lipinski definition) is 4. The molecule has 3 rings (SSSR count). The highest BCUT2D eigenvalue weighted by molar-refractivity contribution is 7.91. The molecule has 0 bridgehead atoms. The Hall–Kier alpha value is -1.11. The minimum absolute atomic E-state index is 0.0264. The maximum absolute atomic E-state index is 13.0. The fourth-order valence-corrected chi connectivity index (χ4v) is 5.64. The van der Waals surface area contributed by atoms with E-state index in [1.807, 2.05) is 11.8 Å². The normalized spacial score (nSPS) is 28.4.